The van der Waals surface area contributed by atoms with E-state index in [-0.39, 0.29) is 0 Å². The molecule has 0 aliphatic rings. The van der Waals surface area contributed by atoms with Crippen molar-refractivity contribution in [3.05, 3.63) is 285 Å². The Hall–Kier alpha value is -10.2. The molecule has 0 spiro atoms. The Balaban J connectivity index is 0.869. The fraction of sp³-hybridized carbons (Fsp3) is 0. The highest BCUT2D eigenvalue weighted by Gasteiger charge is 2.18. The zero-order chi connectivity index (χ0) is 50.8. The van der Waals surface area contributed by atoms with E-state index in [4.69, 9.17) is 8.83 Å². The van der Waals surface area contributed by atoms with Crippen LogP contribution in [0.2, 0.25) is 0 Å². The van der Waals surface area contributed by atoms with Crippen LogP contribution in [0.4, 0.5) is 0 Å². The van der Waals surface area contributed by atoms with Crippen LogP contribution in [0.5, 0.6) is 0 Å². The van der Waals surface area contributed by atoms with E-state index in [2.05, 4.69) is 266 Å². The van der Waals surface area contributed by atoms with Crippen molar-refractivity contribution < 1.29 is 8.83 Å². The molecule has 0 bridgehead atoms. The van der Waals surface area contributed by atoms with Crippen LogP contribution in [0, 0.1) is 0 Å². The molecule has 0 amide bonds. The monoisotopic (exact) mass is 981 g/mol. The lowest BCUT2D eigenvalue weighted by atomic mass is 9.95. The van der Waals surface area contributed by atoms with Crippen LogP contribution in [0.3, 0.4) is 0 Å². The number of fused-ring (bicyclic) bond motifs is 7. The molecule has 0 saturated carbocycles. The van der Waals surface area contributed by atoms with Gasteiger partial charge in [0.2, 0.25) is 0 Å². The Bertz CT molecular complexity index is 4540. The van der Waals surface area contributed by atoms with Crippen molar-refractivity contribution in [2.45, 2.75) is 0 Å². The number of para-hydroxylation sites is 2. The van der Waals surface area contributed by atoms with E-state index < -0.39 is 0 Å². The van der Waals surface area contributed by atoms with Crippen molar-refractivity contribution in [1.29, 1.82) is 0 Å². The minimum absolute atomic E-state index is 0.878. The van der Waals surface area contributed by atoms with Crippen LogP contribution < -0.4 is 0 Å². The predicted molar refractivity (Wildman–Crippen MR) is 321 cm³/mol. The fourth-order valence-electron chi connectivity index (χ4n) is 11.4. The molecule has 0 fully saturated rings. The van der Waals surface area contributed by atoms with E-state index in [1.807, 2.05) is 24.3 Å². The Labute approximate surface area is 445 Å². The second kappa shape index (κ2) is 18.3. The van der Waals surface area contributed by atoms with Gasteiger partial charge in [0.25, 0.3) is 0 Å². The molecule has 0 aliphatic heterocycles. The van der Waals surface area contributed by atoms with Crippen molar-refractivity contribution in [3.8, 4) is 94.7 Å². The van der Waals surface area contributed by atoms with Gasteiger partial charge in [0, 0.05) is 44.4 Å². The first-order valence-electron chi connectivity index (χ1n) is 26.3. The lowest BCUT2D eigenvalue weighted by molar-refractivity contribution is 0.668. The number of hydrogen-bond acceptors (Lipinski definition) is 2. The molecule has 12 aromatic carbocycles. The standard InChI is InChI=1S/C74H47NO2/c1-3-11-48(12-4-1)50-19-23-52(24-20-50)54-27-29-56(30-28-54)58-35-38-70-66(44-58)69(57-33-31-55(32-34-57)53-25-21-51(22-26-53)49-13-5-2-6-14-49)47-75(70)63-42-61(59-36-39-73-67(45-59)64-15-7-9-17-71(64)76-73)41-62(43-63)60-37-40-74-68(46-60)65-16-8-10-18-72(65)77-74/h1-47H. The SMILES string of the molecule is c1ccc(-c2ccc(-c3ccc(-c4ccc5c(c4)c(-c4ccc(-c6ccc(-c7ccccc7)cc6)cc4)cn5-c4cc(-c5ccc6oc7ccccc7c6c5)cc(-c5ccc6oc7ccccc7c6c5)c4)cc3)cc2)cc1. The molecule has 15 rings (SSSR count). The van der Waals surface area contributed by atoms with Crippen LogP contribution in [0.15, 0.2) is 294 Å². The highest BCUT2D eigenvalue weighted by Crippen LogP contribution is 2.42. The van der Waals surface area contributed by atoms with Gasteiger partial charge in [0.15, 0.2) is 0 Å². The molecule has 3 aromatic heterocycles. The fourth-order valence-corrected chi connectivity index (χ4v) is 11.4. The summed E-state index contributed by atoms with van der Waals surface area (Å²) in [5.41, 5.74) is 24.4. The zero-order valence-corrected chi connectivity index (χ0v) is 41.9. The summed E-state index contributed by atoms with van der Waals surface area (Å²) in [4.78, 5) is 0. The molecular weight excluding hydrogens is 935 g/mol. The number of hydrogen-bond donors (Lipinski definition) is 0. The van der Waals surface area contributed by atoms with E-state index in [9.17, 15) is 0 Å². The second-order valence-electron chi connectivity index (χ2n) is 20.1. The first-order chi connectivity index (χ1) is 38.1. The molecule has 0 radical (unpaired) electrons. The first kappa shape index (κ1) is 44.3. The molecule has 3 heterocycles. The summed E-state index contributed by atoms with van der Waals surface area (Å²) in [5.74, 6) is 0. The summed E-state index contributed by atoms with van der Waals surface area (Å²) in [6.45, 7) is 0. The van der Waals surface area contributed by atoms with Gasteiger partial charge in [-0.3, -0.25) is 0 Å². The maximum Gasteiger partial charge on any atom is 0.135 e. The Kier molecular flexibility index (Phi) is 10.5. The summed E-state index contributed by atoms with van der Waals surface area (Å²) in [5, 5.41) is 5.59. The van der Waals surface area contributed by atoms with Crippen LogP contribution in [0.1, 0.15) is 0 Å². The lowest BCUT2D eigenvalue weighted by Gasteiger charge is -2.13. The summed E-state index contributed by atoms with van der Waals surface area (Å²) in [6, 6.07) is 101. The molecule has 0 N–H and O–H groups in total. The summed E-state index contributed by atoms with van der Waals surface area (Å²) in [6.07, 6.45) is 2.34. The van der Waals surface area contributed by atoms with E-state index in [1.165, 1.54) is 49.9 Å². The minimum Gasteiger partial charge on any atom is -0.456 e. The molecule has 15 aromatic rings. The minimum atomic E-state index is 0.878. The van der Waals surface area contributed by atoms with Gasteiger partial charge in [-0.25, -0.2) is 0 Å². The van der Waals surface area contributed by atoms with Crippen molar-refractivity contribution in [1.82, 2.24) is 4.57 Å². The average molecular weight is 982 g/mol. The predicted octanol–water partition coefficient (Wildman–Crippen LogP) is 20.8. The first-order valence-corrected chi connectivity index (χ1v) is 26.3. The molecule has 0 unspecified atom stereocenters. The van der Waals surface area contributed by atoms with Crippen molar-refractivity contribution in [3.63, 3.8) is 0 Å². The summed E-state index contributed by atoms with van der Waals surface area (Å²) >= 11 is 0. The van der Waals surface area contributed by atoms with Gasteiger partial charge in [-0.2, -0.15) is 0 Å². The third-order valence-corrected chi connectivity index (χ3v) is 15.5. The molecule has 0 atom stereocenters. The quantitative estimate of drug-likeness (QED) is 0.144. The second-order valence-corrected chi connectivity index (χ2v) is 20.1. The van der Waals surface area contributed by atoms with Crippen molar-refractivity contribution in [2.75, 3.05) is 0 Å². The molecule has 360 valence electrons. The van der Waals surface area contributed by atoms with Crippen molar-refractivity contribution >= 4 is 54.8 Å². The zero-order valence-electron chi connectivity index (χ0n) is 41.9. The normalized spacial score (nSPS) is 11.6. The Morgan fingerprint density at radius 3 is 0.987 bits per heavy atom. The van der Waals surface area contributed by atoms with E-state index in [0.717, 1.165) is 99.6 Å². The summed E-state index contributed by atoms with van der Waals surface area (Å²) < 4.78 is 15.0. The van der Waals surface area contributed by atoms with Gasteiger partial charge in [0.1, 0.15) is 22.3 Å². The van der Waals surface area contributed by atoms with Crippen LogP contribution in [-0.4, -0.2) is 4.57 Å². The number of nitrogens with zero attached hydrogens (tertiary/aromatic N) is 1. The van der Waals surface area contributed by atoms with Crippen LogP contribution in [0.25, 0.3) is 149 Å². The van der Waals surface area contributed by atoms with Gasteiger partial charge in [-0.05, 0) is 150 Å². The number of rotatable bonds is 9. The third kappa shape index (κ3) is 8.01. The Morgan fingerprint density at radius 2 is 0.532 bits per heavy atom. The van der Waals surface area contributed by atoms with Gasteiger partial charge in [-0.1, -0.05) is 212 Å². The molecule has 77 heavy (non-hydrogen) atoms. The number of aromatic nitrogens is 1. The molecule has 0 saturated heterocycles. The van der Waals surface area contributed by atoms with Gasteiger partial charge in [0.05, 0.1) is 5.52 Å². The highest BCUT2D eigenvalue weighted by atomic mass is 16.3. The smallest absolute Gasteiger partial charge is 0.135 e. The molecule has 3 heteroatoms. The largest absolute Gasteiger partial charge is 0.456 e. The van der Waals surface area contributed by atoms with Crippen LogP contribution >= 0.6 is 0 Å². The van der Waals surface area contributed by atoms with Gasteiger partial charge >= 0.3 is 0 Å². The lowest BCUT2D eigenvalue weighted by Crippen LogP contribution is -1.95. The third-order valence-electron chi connectivity index (χ3n) is 15.5. The molecule has 0 aliphatic carbocycles. The average Bonchev–Trinajstić information content (AvgIpc) is 4.25. The van der Waals surface area contributed by atoms with Crippen molar-refractivity contribution in [2.24, 2.45) is 0 Å². The Morgan fingerprint density at radius 1 is 0.208 bits per heavy atom. The van der Waals surface area contributed by atoms with E-state index >= 15 is 0 Å². The number of benzene rings is 12. The summed E-state index contributed by atoms with van der Waals surface area (Å²) in [7, 11) is 0. The maximum atomic E-state index is 6.32. The van der Waals surface area contributed by atoms with E-state index in [1.54, 1.807) is 0 Å². The highest BCUT2D eigenvalue weighted by molar-refractivity contribution is 6.08. The molecular formula is C74H47NO2. The van der Waals surface area contributed by atoms with E-state index in [0.29, 0.717) is 0 Å². The van der Waals surface area contributed by atoms with Crippen LogP contribution in [-0.2, 0) is 0 Å². The van der Waals surface area contributed by atoms with Gasteiger partial charge < -0.3 is 13.4 Å². The molecule has 3 nitrogen and oxygen atoms in total. The van der Waals surface area contributed by atoms with Gasteiger partial charge in [-0.15, -0.1) is 0 Å². The topological polar surface area (TPSA) is 31.2 Å². The number of furan rings is 2. The maximum absolute atomic E-state index is 6.32.